The smallest absolute Gasteiger partial charge is 0.258 e. The van der Waals surface area contributed by atoms with E-state index in [-0.39, 0.29) is 5.02 Å². The van der Waals surface area contributed by atoms with E-state index in [9.17, 15) is 18.9 Å². The van der Waals surface area contributed by atoms with Crippen LogP contribution >= 0.6 is 11.6 Å². The summed E-state index contributed by atoms with van der Waals surface area (Å²) < 4.78 is 27.0. The molecule has 19 heavy (non-hydrogen) atoms. The third-order valence-corrected chi connectivity index (χ3v) is 3.48. The van der Waals surface area contributed by atoms with Crippen LogP contribution < -0.4 is 0 Å². The number of benzene rings is 2. The molecule has 0 saturated heterocycles. The Morgan fingerprint density at radius 3 is 2.37 bits per heavy atom. The first-order chi connectivity index (χ1) is 8.97. The lowest BCUT2D eigenvalue weighted by molar-refractivity contribution is -0.387. The normalized spacial score (nSPS) is 12.2. The lowest BCUT2D eigenvalue weighted by Gasteiger charge is -2.03. The molecule has 1 aliphatic carbocycles. The molecule has 0 N–H and O–H groups in total. The molecule has 2 aromatic rings. The van der Waals surface area contributed by atoms with E-state index in [0.29, 0.717) is 23.1 Å². The maximum atomic E-state index is 13.5. The third-order valence-electron chi connectivity index (χ3n) is 3.19. The van der Waals surface area contributed by atoms with Crippen molar-refractivity contribution in [3.05, 3.63) is 62.2 Å². The predicted molar refractivity (Wildman–Crippen MR) is 66.3 cm³/mol. The minimum Gasteiger partial charge on any atom is -0.258 e. The fourth-order valence-electron chi connectivity index (χ4n) is 2.33. The van der Waals surface area contributed by atoms with Crippen LogP contribution in [0, 0.1) is 21.7 Å². The van der Waals surface area contributed by atoms with E-state index in [0.717, 1.165) is 17.7 Å². The fraction of sp³-hybridized carbons (Fsp3) is 0.0769. The monoisotopic (exact) mass is 281 g/mol. The first-order valence-electron chi connectivity index (χ1n) is 5.42. The van der Waals surface area contributed by atoms with Gasteiger partial charge in [-0.2, -0.15) is 4.39 Å². The average Bonchev–Trinajstić information content (AvgIpc) is 2.65. The van der Waals surface area contributed by atoms with Crippen molar-refractivity contribution in [2.75, 3.05) is 0 Å². The Bertz CT molecular complexity index is 731. The Hall–Kier alpha value is -2.01. The molecule has 1 aliphatic rings. The van der Waals surface area contributed by atoms with Crippen LogP contribution in [-0.4, -0.2) is 4.92 Å². The molecule has 96 valence electrons. The van der Waals surface area contributed by atoms with Crippen molar-refractivity contribution < 1.29 is 13.7 Å². The van der Waals surface area contributed by atoms with Crippen LogP contribution in [0.1, 0.15) is 11.1 Å². The number of rotatable bonds is 1. The van der Waals surface area contributed by atoms with Crippen molar-refractivity contribution in [3.8, 4) is 11.1 Å². The lowest BCUT2D eigenvalue weighted by atomic mass is 10.0. The second-order valence-corrected chi connectivity index (χ2v) is 4.73. The molecular formula is C13H6ClF2NO2. The number of hydrogen-bond donors (Lipinski definition) is 0. The molecule has 0 fully saturated rings. The highest BCUT2D eigenvalue weighted by atomic mass is 35.5. The van der Waals surface area contributed by atoms with Gasteiger partial charge >= 0.3 is 5.69 Å². The summed E-state index contributed by atoms with van der Waals surface area (Å²) in [7, 11) is 0. The molecule has 0 amide bonds. The van der Waals surface area contributed by atoms with E-state index in [1.165, 1.54) is 12.1 Å². The van der Waals surface area contributed by atoms with Crippen molar-refractivity contribution in [2.45, 2.75) is 6.42 Å². The molecule has 0 bridgehead atoms. The van der Waals surface area contributed by atoms with Gasteiger partial charge in [0.1, 0.15) is 5.82 Å². The van der Waals surface area contributed by atoms with Gasteiger partial charge in [-0.3, -0.25) is 10.1 Å². The summed E-state index contributed by atoms with van der Waals surface area (Å²) in [5.41, 5.74) is 1.74. The number of nitro benzene ring substituents is 1. The van der Waals surface area contributed by atoms with Crippen molar-refractivity contribution in [1.29, 1.82) is 0 Å². The summed E-state index contributed by atoms with van der Waals surface area (Å²) >= 11 is 5.69. The van der Waals surface area contributed by atoms with Gasteiger partial charge in [0.25, 0.3) is 0 Å². The summed E-state index contributed by atoms with van der Waals surface area (Å²) in [4.78, 5) is 9.93. The molecule has 0 saturated carbocycles. The summed E-state index contributed by atoms with van der Waals surface area (Å²) in [6.07, 6.45) is 0.388. The Balaban J connectivity index is 2.25. The number of nitro groups is 1. The largest absolute Gasteiger partial charge is 0.305 e. The highest BCUT2D eigenvalue weighted by Gasteiger charge is 2.26. The molecule has 0 spiro atoms. The zero-order valence-electron chi connectivity index (χ0n) is 9.41. The van der Waals surface area contributed by atoms with Gasteiger partial charge < -0.3 is 0 Å². The van der Waals surface area contributed by atoms with E-state index in [1.54, 1.807) is 0 Å². The van der Waals surface area contributed by atoms with Gasteiger partial charge in [0, 0.05) is 6.07 Å². The van der Waals surface area contributed by atoms with Gasteiger partial charge in [-0.25, -0.2) is 4.39 Å². The van der Waals surface area contributed by atoms with Crippen LogP contribution in [0.3, 0.4) is 0 Å². The number of halogens is 3. The molecule has 0 heterocycles. The van der Waals surface area contributed by atoms with E-state index >= 15 is 0 Å². The van der Waals surface area contributed by atoms with Crippen LogP contribution in [0.5, 0.6) is 0 Å². The average molecular weight is 282 g/mol. The topological polar surface area (TPSA) is 43.1 Å². The Morgan fingerprint density at radius 2 is 1.68 bits per heavy atom. The SMILES string of the molecule is O=[N+]([O-])c1cc2c(cc1F)Cc1cc(Cl)c(F)cc1-2. The van der Waals surface area contributed by atoms with Crippen LogP contribution in [0.25, 0.3) is 11.1 Å². The first-order valence-corrected chi connectivity index (χ1v) is 5.80. The molecule has 6 heteroatoms. The number of nitrogens with zero attached hydrogens (tertiary/aromatic N) is 1. The second-order valence-electron chi connectivity index (χ2n) is 4.32. The molecule has 0 aliphatic heterocycles. The summed E-state index contributed by atoms with van der Waals surface area (Å²) in [6, 6.07) is 4.96. The Morgan fingerprint density at radius 1 is 1.05 bits per heavy atom. The fourth-order valence-corrected chi connectivity index (χ4v) is 2.52. The zero-order chi connectivity index (χ0) is 13.7. The van der Waals surface area contributed by atoms with Gasteiger partial charge in [-0.05, 0) is 46.9 Å². The number of hydrogen-bond acceptors (Lipinski definition) is 2. The molecule has 3 nitrogen and oxygen atoms in total. The van der Waals surface area contributed by atoms with Crippen molar-refractivity contribution in [3.63, 3.8) is 0 Å². The van der Waals surface area contributed by atoms with E-state index in [2.05, 4.69) is 0 Å². The third kappa shape index (κ3) is 1.77. The van der Waals surface area contributed by atoms with E-state index in [1.807, 2.05) is 0 Å². The summed E-state index contributed by atoms with van der Waals surface area (Å²) in [6.45, 7) is 0. The minimum atomic E-state index is -0.886. The minimum absolute atomic E-state index is 0.0125. The standard InChI is InChI=1S/C13H6ClF2NO2/c14-10-2-6-1-7-3-12(16)13(17(18)19)5-9(7)8(6)4-11(10)15/h2-5H,1H2. The predicted octanol–water partition coefficient (Wildman–Crippen LogP) is 4.10. The quantitative estimate of drug-likeness (QED) is 0.498. The molecular weight excluding hydrogens is 276 g/mol. The molecule has 0 unspecified atom stereocenters. The highest BCUT2D eigenvalue weighted by molar-refractivity contribution is 6.31. The van der Waals surface area contributed by atoms with Crippen LogP contribution in [-0.2, 0) is 6.42 Å². The van der Waals surface area contributed by atoms with E-state index < -0.39 is 22.2 Å². The lowest BCUT2D eigenvalue weighted by Crippen LogP contribution is -1.94. The molecule has 2 aromatic carbocycles. The Labute approximate surface area is 111 Å². The molecule has 0 aromatic heterocycles. The van der Waals surface area contributed by atoms with Gasteiger partial charge in [0.15, 0.2) is 0 Å². The maximum Gasteiger partial charge on any atom is 0.305 e. The highest BCUT2D eigenvalue weighted by Crippen LogP contribution is 2.41. The second kappa shape index (κ2) is 3.99. The maximum absolute atomic E-state index is 13.5. The van der Waals surface area contributed by atoms with Crippen molar-refractivity contribution in [2.24, 2.45) is 0 Å². The molecule has 0 atom stereocenters. The van der Waals surface area contributed by atoms with Crippen LogP contribution in [0.15, 0.2) is 24.3 Å². The van der Waals surface area contributed by atoms with Gasteiger partial charge in [-0.1, -0.05) is 11.6 Å². The van der Waals surface area contributed by atoms with Crippen LogP contribution in [0.4, 0.5) is 14.5 Å². The van der Waals surface area contributed by atoms with E-state index in [4.69, 9.17) is 11.6 Å². The van der Waals surface area contributed by atoms with Crippen LogP contribution in [0.2, 0.25) is 5.02 Å². The first kappa shape index (κ1) is 12.0. The summed E-state index contributed by atoms with van der Waals surface area (Å²) in [5, 5.41) is 10.7. The van der Waals surface area contributed by atoms with Gasteiger partial charge in [0.05, 0.1) is 9.95 Å². The number of fused-ring (bicyclic) bond motifs is 3. The van der Waals surface area contributed by atoms with Crippen molar-refractivity contribution in [1.82, 2.24) is 0 Å². The van der Waals surface area contributed by atoms with Gasteiger partial charge in [-0.15, -0.1) is 0 Å². The molecule has 0 radical (unpaired) electrons. The molecule has 3 rings (SSSR count). The Kier molecular flexibility index (Phi) is 2.53. The van der Waals surface area contributed by atoms with Crippen molar-refractivity contribution >= 4 is 17.3 Å². The zero-order valence-corrected chi connectivity index (χ0v) is 10.2. The van der Waals surface area contributed by atoms with Gasteiger partial charge in [0.2, 0.25) is 5.82 Å². The summed E-state index contributed by atoms with van der Waals surface area (Å²) in [5.74, 6) is -1.48.